The van der Waals surface area contributed by atoms with Crippen LogP contribution >= 0.6 is 15.9 Å². The zero-order valence-corrected chi connectivity index (χ0v) is 10.7. The van der Waals surface area contributed by atoms with Crippen molar-refractivity contribution >= 4 is 21.8 Å². The van der Waals surface area contributed by atoms with Gasteiger partial charge in [0.05, 0.1) is 17.0 Å². The van der Waals surface area contributed by atoms with E-state index in [1.807, 2.05) is 4.90 Å². The first-order chi connectivity index (χ1) is 7.20. The number of amides is 1. The van der Waals surface area contributed by atoms with Crippen LogP contribution in [0.5, 0.6) is 0 Å². The summed E-state index contributed by atoms with van der Waals surface area (Å²) in [5.74, 6) is 0.240. The molecule has 4 heteroatoms. The maximum absolute atomic E-state index is 11.9. The minimum atomic E-state index is 0.0232. The van der Waals surface area contributed by atoms with E-state index in [0.29, 0.717) is 0 Å². The van der Waals surface area contributed by atoms with Crippen LogP contribution in [0.4, 0.5) is 0 Å². The Hall–Kier alpha value is -0.0900. The summed E-state index contributed by atoms with van der Waals surface area (Å²) < 4.78 is 5.64. The highest BCUT2D eigenvalue weighted by Gasteiger charge is 2.34. The summed E-state index contributed by atoms with van der Waals surface area (Å²) >= 11 is 3.44. The van der Waals surface area contributed by atoms with Crippen molar-refractivity contribution in [1.82, 2.24) is 4.90 Å². The lowest BCUT2D eigenvalue weighted by molar-refractivity contribution is -0.137. The fourth-order valence-electron chi connectivity index (χ4n) is 2.44. The van der Waals surface area contributed by atoms with Crippen LogP contribution in [-0.2, 0) is 9.53 Å². The molecule has 3 unspecified atom stereocenters. The smallest absolute Gasteiger partial charge is 0.236 e. The second kappa shape index (κ2) is 4.83. The molecule has 2 saturated heterocycles. The average molecular weight is 276 g/mol. The van der Waals surface area contributed by atoms with E-state index in [1.54, 1.807) is 0 Å². The Labute approximate surface area is 99.3 Å². The number of halogens is 1. The average Bonchev–Trinajstić information content (AvgIpc) is 2.74. The standard InChI is InChI=1S/C11H18BrNO2/c1-8(10-5-3-7-15-10)13-6-2-4-9(12)11(13)14/h8-10H,2-7H2,1H3. The van der Waals surface area contributed by atoms with Crippen molar-refractivity contribution in [2.45, 2.75) is 49.6 Å². The molecule has 0 bridgehead atoms. The Kier molecular flexibility index (Phi) is 3.67. The lowest BCUT2D eigenvalue weighted by atomic mass is 10.0. The highest BCUT2D eigenvalue weighted by Crippen LogP contribution is 2.25. The summed E-state index contributed by atoms with van der Waals surface area (Å²) in [6.07, 6.45) is 4.55. The highest BCUT2D eigenvalue weighted by atomic mass is 79.9. The van der Waals surface area contributed by atoms with Crippen LogP contribution < -0.4 is 0 Å². The number of piperidine rings is 1. The van der Waals surface area contributed by atoms with E-state index in [9.17, 15) is 4.79 Å². The van der Waals surface area contributed by atoms with Crippen molar-refractivity contribution in [1.29, 1.82) is 0 Å². The summed E-state index contributed by atoms with van der Waals surface area (Å²) in [5, 5.41) is 0. The van der Waals surface area contributed by atoms with Crippen LogP contribution in [0, 0.1) is 0 Å². The van der Waals surface area contributed by atoms with Crippen LogP contribution in [0.3, 0.4) is 0 Å². The number of hydrogen-bond acceptors (Lipinski definition) is 2. The van der Waals surface area contributed by atoms with Gasteiger partial charge in [0.2, 0.25) is 5.91 Å². The Morgan fingerprint density at radius 1 is 1.47 bits per heavy atom. The molecule has 3 nitrogen and oxygen atoms in total. The quantitative estimate of drug-likeness (QED) is 0.721. The molecule has 0 aliphatic carbocycles. The molecule has 0 aromatic heterocycles. The number of likely N-dealkylation sites (tertiary alicyclic amines) is 1. The fraction of sp³-hybridized carbons (Fsp3) is 0.909. The van der Waals surface area contributed by atoms with Crippen molar-refractivity contribution in [3.63, 3.8) is 0 Å². The molecule has 0 spiro atoms. The van der Waals surface area contributed by atoms with E-state index in [4.69, 9.17) is 4.74 Å². The summed E-state index contributed by atoms with van der Waals surface area (Å²) in [4.78, 5) is 14.0. The molecular weight excluding hydrogens is 258 g/mol. The SMILES string of the molecule is CC(C1CCCO1)N1CCCC(Br)C1=O. The van der Waals surface area contributed by atoms with Gasteiger partial charge in [-0.2, -0.15) is 0 Å². The van der Waals surface area contributed by atoms with E-state index >= 15 is 0 Å². The van der Waals surface area contributed by atoms with E-state index in [-0.39, 0.29) is 22.9 Å². The predicted octanol–water partition coefficient (Wildman–Crippen LogP) is 1.94. The zero-order valence-electron chi connectivity index (χ0n) is 9.12. The first-order valence-electron chi connectivity index (χ1n) is 5.76. The number of nitrogens with zero attached hydrogens (tertiary/aromatic N) is 1. The molecule has 0 saturated carbocycles. The van der Waals surface area contributed by atoms with E-state index < -0.39 is 0 Å². The molecule has 0 radical (unpaired) electrons. The third-order valence-electron chi connectivity index (χ3n) is 3.40. The van der Waals surface area contributed by atoms with E-state index in [0.717, 1.165) is 38.8 Å². The lowest BCUT2D eigenvalue weighted by Crippen LogP contribution is -2.50. The Balaban J connectivity index is 1.98. The molecule has 0 aromatic carbocycles. The maximum atomic E-state index is 11.9. The van der Waals surface area contributed by atoms with Gasteiger partial charge in [-0.05, 0) is 32.6 Å². The lowest BCUT2D eigenvalue weighted by Gasteiger charge is -2.37. The van der Waals surface area contributed by atoms with Gasteiger partial charge in [-0.25, -0.2) is 0 Å². The summed E-state index contributed by atoms with van der Waals surface area (Å²) in [5.41, 5.74) is 0. The number of alkyl halides is 1. The summed E-state index contributed by atoms with van der Waals surface area (Å²) in [7, 11) is 0. The van der Waals surface area contributed by atoms with Gasteiger partial charge in [-0.3, -0.25) is 4.79 Å². The Bertz CT molecular complexity index is 241. The molecule has 0 aromatic rings. The van der Waals surface area contributed by atoms with Crippen LogP contribution in [0.1, 0.15) is 32.6 Å². The maximum Gasteiger partial charge on any atom is 0.236 e. The number of hydrogen-bond donors (Lipinski definition) is 0. The molecule has 15 heavy (non-hydrogen) atoms. The fourth-order valence-corrected chi connectivity index (χ4v) is 3.03. The number of carbonyl (C=O) groups is 1. The summed E-state index contributed by atoms with van der Waals surface area (Å²) in [6, 6.07) is 0.236. The van der Waals surface area contributed by atoms with E-state index in [2.05, 4.69) is 22.9 Å². The molecular formula is C11H18BrNO2. The zero-order chi connectivity index (χ0) is 10.8. The monoisotopic (exact) mass is 275 g/mol. The van der Waals surface area contributed by atoms with Crippen LogP contribution in [0.2, 0.25) is 0 Å². The topological polar surface area (TPSA) is 29.5 Å². The minimum absolute atomic E-state index is 0.0232. The second-order valence-electron chi connectivity index (χ2n) is 4.43. The number of carbonyl (C=O) groups excluding carboxylic acids is 1. The molecule has 2 rings (SSSR count). The molecule has 1 amide bonds. The first-order valence-corrected chi connectivity index (χ1v) is 6.68. The molecule has 86 valence electrons. The van der Waals surface area contributed by atoms with Gasteiger partial charge in [0.25, 0.3) is 0 Å². The molecule has 2 fully saturated rings. The third kappa shape index (κ3) is 2.36. The highest BCUT2D eigenvalue weighted by molar-refractivity contribution is 9.10. The van der Waals surface area contributed by atoms with Crippen molar-refractivity contribution in [2.24, 2.45) is 0 Å². The first kappa shape index (κ1) is 11.4. The van der Waals surface area contributed by atoms with Crippen molar-refractivity contribution in [3.05, 3.63) is 0 Å². The summed E-state index contributed by atoms with van der Waals surface area (Å²) in [6.45, 7) is 3.86. The molecule has 3 atom stereocenters. The predicted molar refractivity (Wildman–Crippen MR) is 62.1 cm³/mol. The van der Waals surface area contributed by atoms with Crippen molar-refractivity contribution in [3.8, 4) is 0 Å². The molecule has 0 N–H and O–H groups in total. The van der Waals surface area contributed by atoms with Gasteiger partial charge >= 0.3 is 0 Å². The van der Waals surface area contributed by atoms with Crippen LogP contribution in [-0.4, -0.2) is 40.9 Å². The van der Waals surface area contributed by atoms with Gasteiger partial charge in [0, 0.05) is 13.2 Å². The largest absolute Gasteiger partial charge is 0.376 e. The van der Waals surface area contributed by atoms with Gasteiger partial charge in [-0.1, -0.05) is 15.9 Å². The Morgan fingerprint density at radius 2 is 2.27 bits per heavy atom. The number of ether oxygens (including phenoxy) is 1. The van der Waals surface area contributed by atoms with Gasteiger partial charge < -0.3 is 9.64 Å². The van der Waals surface area contributed by atoms with Crippen molar-refractivity contribution < 1.29 is 9.53 Å². The molecule has 2 aliphatic rings. The van der Waals surface area contributed by atoms with Gasteiger partial charge in [0.15, 0.2) is 0 Å². The van der Waals surface area contributed by atoms with E-state index in [1.165, 1.54) is 0 Å². The van der Waals surface area contributed by atoms with Crippen LogP contribution in [0.15, 0.2) is 0 Å². The second-order valence-corrected chi connectivity index (χ2v) is 5.54. The van der Waals surface area contributed by atoms with Gasteiger partial charge in [-0.15, -0.1) is 0 Å². The normalized spacial score (nSPS) is 34.5. The van der Waals surface area contributed by atoms with Gasteiger partial charge in [0.1, 0.15) is 0 Å². The molecule has 2 aliphatic heterocycles. The number of rotatable bonds is 2. The van der Waals surface area contributed by atoms with Crippen LogP contribution in [0.25, 0.3) is 0 Å². The molecule has 2 heterocycles. The third-order valence-corrected chi connectivity index (χ3v) is 4.25. The van der Waals surface area contributed by atoms with Crippen molar-refractivity contribution in [2.75, 3.05) is 13.2 Å². The minimum Gasteiger partial charge on any atom is -0.376 e. The Morgan fingerprint density at radius 3 is 2.93 bits per heavy atom.